The van der Waals surface area contributed by atoms with Crippen LogP contribution in [-0.4, -0.2) is 28.7 Å². The molecule has 3 aromatic rings. The maximum absolute atomic E-state index is 14.4. The number of aryl methyl sites for hydroxylation is 2. The van der Waals surface area contributed by atoms with E-state index in [9.17, 15) is 14.4 Å². The van der Waals surface area contributed by atoms with Crippen molar-refractivity contribution >= 4 is 46.6 Å². The number of anilines is 1. The summed E-state index contributed by atoms with van der Waals surface area (Å²) in [5.41, 5.74) is 5.73. The monoisotopic (exact) mass is 574 g/mol. The summed E-state index contributed by atoms with van der Waals surface area (Å²) < 4.78 is 0. The normalized spacial score (nSPS) is 26.9. The lowest BCUT2D eigenvalue weighted by Gasteiger charge is -2.54. The molecule has 2 bridgehead atoms. The first-order valence-electron chi connectivity index (χ1n) is 14.0. The van der Waals surface area contributed by atoms with E-state index in [-0.39, 0.29) is 11.8 Å². The van der Waals surface area contributed by atoms with Crippen LogP contribution in [0.25, 0.3) is 0 Å². The minimum atomic E-state index is -1.28. The molecule has 5 nitrogen and oxygen atoms in total. The fourth-order valence-electron chi connectivity index (χ4n) is 7.28. The lowest BCUT2D eigenvalue weighted by atomic mass is 9.54. The van der Waals surface area contributed by atoms with Crippen LogP contribution in [0.1, 0.15) is 61.1 Å². The number of imide groups is 1. The van der Waals surface area contributed by atoms with Gasteiger partial charge in [0.2, 0.25) is 17.7 Å². The van der Waals surface area contributed by atoms with Gasteiger partial charge in [-0.05, 0) is 52.1 Å². The number of hydrogen-bond donors (Lipinski definition) is 1. The van der Waals surface area contributed by atoms with Crippen LogP contribution in [0.15, 0.2) is 66.7 Å². The Morgan fingerprint density at radius 3 is 1.52 bits per heavy atom. The van der Waals surface area contributed by atoms with Crippen molar-refractivity contribution < 1.29 is 14.4 Å². The van der Waals surface area contributed by atoms with Crippen LogP contribution in [0, 0.1) is 17.8 Å². The lowest BCUT2D eigenvalue weighted by Crippen LogP contribution is -2.57. The van der Waals surface area contributed by atoms with E-state index in [4.69, 9.17) is 23.2 Å². The smallest absolute Gasteiger partial charge is 0.247 e. The number of amides is 3. The molecule has 206 valence electrons. The Morgan fingerprint density at radius 2 is 1.18 bits per heavy atom. The van der Waals surface area contributed by atoms with Gasteiger partial charge in [-0.3, -0.25) is 19.3 Å². The molecule has 1 aliphatic heterocycles. The molecule has 1 heterocycles. The van der Waals surface area contributed by atoms with Crippen molar-refractivity contribution in [3.63, 3.8) is 0 Å². The molecule has 4 aliphatic rings. The number of rotatable bonds is 6. The lowest BCUT2D eigenvalue weighted by molar-refractivity contribution is -0.148. The number of carbonyl (C=O) groups is 3. The fourth-order valence-corrected chi connectivity index (χ4v) is 8.38. The van der Waals surface area contributed by atoms with Gasteiger partial charge in [-0.15, -0.1) is 23.2 Å². The second kappa shape index (κ2) is 9.46. The van der Waals surface area contributed by atoms with Gasteiger partial charge < -0.3 is 5.32 Å². The van der Waals surface area contributed by atoms with Gasteiger partial charge in [0, 0.05) is 5.69 Å². The zero-order valence-corrected chi connectivity index (χ0v) is 24.5. The quantitative estimate of drug-likeness (QED) is 0.275. The maximum Gasteiger partial charge on any atom is 0.247 e. The highest BCUT2D eigenvalue weighted by Gasteiger charge is 2.73. The van der Waals surface area contributed by atoms with Crippen molar-refractivity contribution in [2.75, 3.05) is 5.32 Å². The Labute approximate surface area is 244 Å². The largest absolute Gasteiger partial charge is 0.324 e. The third-order valence-corrected chi connectivity index (χ3v) is 10.3. The van der Waals surface area contributed by atoms with Crippen LogP contribution in [-0.2, 0) is 37.0 Å². The van der Waals surface area contributed by atoms with E-state index >= 15 is 0 Å². The second-order valence-electron chi connectivity index (χ2n) is 11.4. The Hall–Kier alpha value is -3.15. The maximum atomic E-state index is 14.4. The molecule has 1 saturated heterocycles. The predicted molar refractivity (Wildman–Crippen MR) is 157 cm³/mol. The molecule has 0 spiro atoms. The minimum absolute atomic E-state index is 0.341. The number of alkyl halides is 2. The summed E-state index contributed by atoms with van der Waals surface area (Å²) in [6.45, 7) is 7.77. The average Bonchev–Trinajstić information content (AvgIpc) is 3.22. The SMILES string of the molecule is CCc1cccc(CC)c1NC(=O)[C@H](C(C)C)N1C(=O)[C@@H]2[C@H](C1=O)C1(Cl)c3ccccc3C2(Cl)c2ccccc21. The van der Waals surface area contributed by atoms with E-state index in [1.165, 1.54) is 4.90 Å². The summed E-state index contributed by atoms with van der Waals surface area (Å²) in [5, 5.41) is 3.10. The Bertz CT molecular complexity index is 1420. The number of likely N-dealkylation sites (tertiary alicyclic amines) is 1. The van der Waals surface area contributed by atoms with Crippen LogP contribution in [0.2, 0.25) is 0 Å². The molecule has 0 radical (unpaired) electrons. The van der Waals surface area contributed by atoms with Crippen molar-refractivity contribution in [1.29, 1.82) is 0 Å². The molecule has 3 aliphatic carbocycles. The molecule has 0 aromatic heterocycles. The number of hydrogen-bond acceptors (Lipinski definition) is 3. The molecular weight excluding hydrogens is 543 g/mol. The Balaban J connectivity index is 1.47. The molecule has 0 saturated carbocycles. The van der Waals surface area contributed by atoms with Crippen LogP contribution in [0.5, 0.6) is 0 Å². The molecule has 3 aromatic carbocycles. The molecule has 3 amide bonds. The van der Waals surface area contributed by atoms with Crippen molar-refractivity contribution in [2.24, 2.45) is 17.8 Å². The topological polar surface area (TPSA) is 66.5 Å². The van der Waals surface area contributed by atoms with E-state index < -0.39 is 39.4 Å². The van der Waals surface area contributed by atoms with E-state index in [1.54, 1.807) is 0 Å². The average molecular weight is 576 g/mol. The standard InChI is InChI=1S/C33H32Cl2N2O3/c1-5-19-12-11-13-20(6-2)27(19)36-29(38)28(18(3)4)37-30(39)25-26(31(37)40)33(35)22-15-8-7-14-21(22)32(25,34)23-16-9-10-17-24(23)33/h7-18,25-26,28H,5-6H2,1-4H3,(H,36,38)/t25-,26+,28-,32?,33?/m0/s1. The zero-order valence-electron chi connectivity index (χ0n) is 23.0. The number of para-hydroxylation sites is 1. The van der Waals surface area contributed by atoms with Gasteiger partial charge in [-0.2, -0.15) is 0 Å². The molecular formula is C33H32Cl2N2O3. The van der Waals surface area contributed by atoms with Crippen LogP contribution >= 0.6 is 23.2 Å². The van der Waals surface area contributed by atoms with Crippen molar-refractivity contribution in [3.05, 3.63) is 100 Å². The van der Waals surface area contributed by atoms with Gasteiger partial charge in [0.15, 0.2) is 0 Å². The number of nitrogens with zero attached hydrogens (tertiary/aromatic N) is 1. The third-order valence-electron chi connectivity index (χ3n) is 9.04. The van der Waals surface area contributed by atoms with Crippen molar-refractivity contribution in [3.8, 4) is 0 Å². The van der Waals surface area contributed by atoms with E-state index in [0.717, 1.165) is 51.9 Å². The van der Waals surface area contributed by atoms with E-state index in [2.05, 4.69) is 5.32 Å². The second-order valence-corrected chi connectivity index (χ2v) is 12.5. The zero-order chi connectivity index (χ0) is 28.6. The summed E-state index contributed by atoms with van der Waals surface area (Å²) in [6.07, 6.45) is 1.48. The molecule has 1 fully saturated rings. The van der Waals surface area contributed by atoms with Crippen molar-refractivity contribution in [2.45, 2.75) is 56.3 Å². The highest BCUT2D eigenvalue weighted by atomic mass is 35.5. The summed E-state index contributed by atoms with van der Waals surface area (Å²) in [7, 11) is 0. The molecule has 0 unspecified atom stereocenters. The van der Waals surface area contributed by atoms with Crippen LogP contribution in [0.3, 0.4) is 0 Å². The summed E-state index contributed by atoms with van der Waals surface area (Å²) in [4.78, 5) is 41.5. The van der Waals surface area contributed by atoms with Gasteiger partial charge in [-0.1, -0.05) is 94.4 Å². The summed E-state index contributed by atoms with van der Waals surface area (Å²) in [6, 6.07) is 20.0. The Kier molecular flexibility index (Phi) is 6.39. The molecule has 3 atom stereocenters. The number of carbonyl (C=O) groups excluding carboxylic acids is 3. The molecule has 7 rings (SSSR count). The summed E-state index contributed by atoms with van der Waals surface area (Å²) >= 11 is 15.1. The van der Waals surface area contributed by atoms with Gasteiger partial charge >= 0.3 is 0 Å². The first-order chi connectivity index (χ1) is 19.1. The number of halogens is 2. The van der Waals surface area contributed by atoms with E-state index in [0.29, 0.717) is 0 Å². The third kappa shape index (κ3) is 3.37. The predicted octanol–water partition coefficient (Wildman–Crippen LogP) is 6.37. The Morgan fingerprint density at radius 1 is 0.775 bits per heavy atom. The highest BCUT2D eigenvalue weighted by molar-refractivity contribution is 6.36. The number of nitrogens with one attached hydrogen (secondary N) is 1. The molecule has 1 N–H and O–H groups in total. The van der Waals surface area contributed by atoms with Gasteiger partial charge in [0.25, 0.3) is 0 Å². The first kappa shape index (κ1) is 27.0. The fraction of sp³-hybridized carbons (Fsp3) is 0.364. The summed E-state index contributed by atoms with van der Waals surface area (Å²) in [5.74, 6) is -3.51. The van der Waals surface area contributed by atoms with Gasteiger partial charge in [-0.25, -0.2) is 0 Å². The van der Waals surface area contributed by atoms with Gasteiger partial charge in [0.05, 0.1) is 11.8 Å². The van der Waals surface area contributed by atoms with Crippen molar-refractivity contribution in [1.82, 2.24) is 4.90 Å². The van der Waals surface area contributed by atoms with Gasteiger partial charge in [0.1, 0.15) is 15.8 Å². The highest BCUT2D eigenvalue weighted by Crippen LogP contribution is 2.69. The first-order valence-corrected chi connectivity index (χ1v) is 14.7. The van der Waals surface area contributed by atoms with Crippen LogP contribution in [0.4, 0.5) is 5.69 Å². The van der Waals surface area contributed by atoms with E-state index in [1.807, 2.05) is 94.4 Å². The van der Waals surface area contributed by atoms with Crippen LogP contribution < -0.4 is 5.32 Å². The molecule has 7 heteroatoms. The number of benzene rings is 3. The minimum Gasteiger partial charge on any atom is -0.324 e. The molecule has 40 heavy (non-hydrogen) atoms.